The van der Waals surface area contributed by atoms with Gasteiger partial charge in [-0.2, -0.15) is 4.98 Å². The molecular formula is C23H24N4O3S. The summed E-state index contributed by atoms with van der Waals surface area (Å²) >= 11 is 1.47. The standard InChI is InChI=1S/C23H24N4O3S/c1-16-3-7-18(8-4-16)27(19-9-5-17(2)6-10-19)15-24-20-11-12-26(23(29)25-20)21-14-31-22(13-28)30-21/h3-12,15,21-22,28H,13-14H2,1-2H3/t21-,22+/m0/s1. The van der Waals surface area contributed by atoms with Crippen LogP contribution in [0.2, 0.25) is 0 Å². The molecule has 0 amide bonds. The van der Waals surface area contributed by atoms with Crippen LogP contribution in [0.25, 0.3) is 0 Å². The Morgan fingerprint density at radius 3 is 2.26 bits per heavy atom. The molecule has 160 valence electrons. The Morgan fingerprint density at radius 1 is 1.13 bits per heavy atom. The highest BCUT2D eigenvalue weighted by molar-refractivity contribution is 8.00. The van der Waals surface area contributed by atoms with Crippen molar-refractivity contribution in [2.75, 3.05) is 17.3 Å². The maximum atomic E-state index is 12.5. The number of aliphatic hydroxyl groups excluding tert-OH is 1. The van der Waals surface area contributed by atoms with Crippen LogP contribution in [0.1, 0.15) is 17.4 Å². The highest BCUT2D eigenvalue weighted by Gasteiger charge is 2.27. The molecule has 1 fully saturated rings. The fraction of sp³-hybridized carbons (Fsp3) is 0.261. The maximum Gasteiger partial charge on any atom is 0.351 e. The first-order valence-corrected chi connectivity index (χ1v) is 11.0. The summed E-state index contributed by atoms with van der Waals surface area (Å²) in [5, 5.41) is 9.21. The van der Waals surface area contributed by atoms with E-state index in [1.165, 1.54) is 27.5 Å². The molecule has 4 rings (SSSR count). The minimum Gasteiger partial charge on any atom is -0.393 e. The largest absolute Gasteiger partial charge is 0.393 e. The van der Waals surface area contributed by atoms with Crippen molar-refractivity contribution >= 4 is 35.3 Å². The van der Waals surface area contributed by atoms with Gasteiger partial charge in [0.2, 0.25) is 0 Å². The number of benzene rings is 2. The van der Waals surface area contributed by atoms with Gasteiger partial charge in [-0.15, -0.1) is 11.8 Å². The Balaban J connectivity index is 1.60. The highest BCUT2D eigenvalue weighted by atomic mass is 32.2. The molecule has 1 aliphatic rings. The van der Waals surface area contributed by atoms with Crippen LogP contribution >= 0.6 is 11.8 Å². The van der Waals surface area contributed by atoms with Crippen molar-refractivity contribution in [3.8, 4) is 0 Å². The van der Waals surface area contributed by atoms with Gasteiger partial charge >= 0.3 is 5.69 Å². The van der Waals surface area contributed by atoms with Crippen molar-refractivity contribution < 1.29 is 9.84 Å². The lowest BCUT2D eigenvalue weighted by Gasteiger charge is -2.20. The maximum absolute atomic E-state index is 12.5. The van der Waals surface area contributed by atoms with E-state index in [0.29, 0.717) is 11.6 Å². The molecule has 1 saturated heterocycles. The Hall–Kier alpha value is -2.94. The second-order valence-corrected chi connectivity index (χ2v) is 8.49. The van der Waals surface area contributed by atoms with Crippen LogP contribution < -0.4 is 10.6 Å². The molecule has 7 nitrogen and oxygen atoms in total. The second-order valence-electron chi connectivity index (χ2n) is 7.30. The minimum atomic E-state index is -0.434. The zero-order chi connectivity index (χ0) is 21.8. The van der Waals surface area contributed by atoms with Crippen molar-refractivity contribution in [2.24, 2.45) is 4.99 Å². The SMILES string of the molecule is Cc1ccc(N(C=Nc2ccn([C@@H]3CS[C@H](CO)O3)c(=O)n2)c2ccc(C)cc2)cc1. The van der Waals surface area contributed by atoms with E-state index < -0.39 is 11.9 Å². The molecule has 2 heterocycles. The van der Waals surface area contributed by atoms with Crippen LogP contribution in [-0.2, 0) is 4.74 Å². The molecule has 31 heavy (non-hydrogen) atoms. The number of aliphatic hydroxyl groups is 1. The van der Waals surface area contributed by atoms with E-state index in [1.807, 2.05) is 67.3 Å². The molecule has 3 aromatic rings. The summed E-state index contributed by atoms with van der Waals surface area (Å²) in [7, 11) is 0. The van der Waals surface area contributed by atoms with Gasteiger partial charge in [0.05, 0.1) is 6.61 Å². The third-order valence-electron chi connectivity index (χ3n) is 4.94. The molecular weight excluding hydrogens is 412 g/mol. The van der Waals surface area contributed by atoms with Gasteiger partial charge in [-0.25, -0.2) is 9.79 Å². The Bertz CT molecular complexity index is 1070. The summed E-state index contributed by atoms with van der Waals surface area (Å²) in [5.74, 6) is 0.902. The molecule has 1 aliphatic heterocycles. The van der Waals surface area contributed by atoms with Gasteiger partial charge in [0.25, 0.3) is 0 Å². The van der Waals surface area contributed by atoms with Crippen LogP contribution in [0.5, 0.6) is 0 Å². The monoisotopic (exact) mass is 436 g/mol. The number of ether oxygens (including phenoxy) is 1. The number of hydrogen-bond acceptors (Lipinski definition) is 6. The predicted molar refractivity (Wildman–Crippen MR) is 125 cm³/mol. The Labute approximate surface area is 185 Å². The molecule has 0 aliphatic carbocycles. The van der Waals surface area contributed by atoms with Gasteiger partial charge < -0.3 is 14.7 Å². The zero-order valence-corrected chi connectivity index (χ0v) is 18.2. The summed E-state index contributed by atoms with van der Waals surface area (Å²) < 4.78 is 7.07. The molecule has 0 bridgehead atoms. The number of rotatable bonds is 6. The van der Waals surface area contributed by atoms with Crippen molar-refractivity contribution in [3.63, 3.8) is 0 Å². The molecule has 1 aromatic heterocycles. The van der Waals surface area contributed by atoms with Gasteiger partial charge in [-0.1, -0.05) is 35.4 Å². The number of aryl methyl sites for hydroxylation is 2. The summed E-state index contributed by atoms with van der Waals surface area (Å²) in [5.41, 5.74) is 3.51. The number of aliphatic imine (C=N–C) groups is 1. The van der Waals surface area contributed by atoms with Crippen molar-refractivity contribution in [1.29, 1.82) is 0 Å². The van der Waals surface area contributed by atoms with E-state index in [0.717, 1.165) is 11.4 Å². The van der Waals surface area contributed by atoms with E-state index in [4.69, 9.17) is 4.74 Å². The molecule has 2 atom stereocenters. The van der Waals surface area contributed by atoms with E-state index in [1.54, 1.807) is 18.6 Å². The van der Waals surface area contributed by atoms with Crippen molar-refractivity contribution in [3.05, 3.63) is 82.4 Å². The van der Waals surface area contributed by atoms with Gasteiger partial charge in [0, 0.05) is 23.3 Å². The molecule has 0 unspecified atom stereocenters. The molecule has 0 saturated carbocycles. The van der Waals surface area contributed by atoms with Gasteiger partial charge in [-0.05, 0) is 44.2 Å². The first-order valence-electron chi connectivity index (χ1n) is 9.97. The summed E-state index contributed by atoms with van der Waals surface area (Å²) in [6.07, 6.45) is 2.87. The van der Waals surface area contributed by atoms with Crippen molar-refractivity contribution in [1.82, 2.24) is 9.55 Å². The van der Waals surface area contributed by atoms with Gasteiger partial charge in [-0.3, -0.25) is 4.57 Å². The van der Waals surface area contributed by atoms with Crippen LogP contribution in [0.3, 0.4) is 0 Å². The number of hydrogen-bond donors (Lipinski definition) is 1. The first kappa shape index (κ1) is 21.3. The quantitative estimate of drug-likeness (QED) is 0.466. The molecule has 8 heteroatoms. The fourth-order valence-corrected chi connectivity index (χ4v) is 4.12. The first-order chi connectivity index (χ1) is 15.0. The third kappa shape index (κ3) is 5.04. The lowest BCUT2D eigenvalue weighted by molar-refractivity contribution is -0.00630. The van der Waals surface area contributed by atoms with E-state index in [2.05, 4.69) is 9.98 Å². The molecule has 2 aromatic carbocycles. The molecule has 1 N–H and O–H groups in total. The van der Waals surface area contributed by atoms with Crippen molar-refractivity contribution in [2.45, 2.75) is 25.5 Å². The topological polar surface area (TPSA) is 80.0 Å². The average molecular weight is 437 g/mol. The van der Waals surface area contributed by atoms with E-state index >= 15 is 0 Å². The summed E-state index contributed by atoms with van der Waals surface area (Å²) in [6, 6.07) is 18.0. The van der Waals surface area contributed by atoms with E-state index in [-0.39, 0.29) is 12.0 Å². The fourth-order valence-electron chi connectivity index (χ4n) is 3.19. The van der Waals surface area contributed by atoms with Crippen LogP contribution in [-0.4, -0.2) is 38.8 Å². The van der Waals surface area contributed by atoms with Gasteiger partial charge in [0.1, 0.15) is 18.0 Å². The predicted octanol–water partition coefficient (Wildman–Crippen LogP) is 3.94. The summed E-state index contributed by atoms with van der Waals surface area (Å²) in [6.45, 7) is 4.00. The van der Waals surface area contributed by atoms with Crippen LogP contribution in [0.4, 0.5) is 17.2 Å². The number of aromatic nitrogens is 2. The normalized spacial score (nSPS) is 18.5. The van der Waals surface area contributed by atoms with E-state index in [9.17, 15) is 9.90 Å². The lowest BCUT2D eigenvalue weighted by atomic mass is 10.2. The lowest BCUT2D eigenvalue weighted by Crippen LogP contribution is -2.28. The Kier molecular flexibility index (Phi) is 6.50. The third-order valence-corrected chi connectivity index (χ3v) is 6.05. The molecule has 0 radical (unpaired) electrons. The average Bonchev–Trinajstić information content (AvgIpc) is 3.25. The van der Waals surface area contributed by atoms with Gasteiger partial charge in [0.15, 0.2) is 5.82 Å². The highest BCUT2D eigenvalue weighted by Crippen LogP contribution is 2.30. The zero-order valence-electron chi connectivity index (χ0n) is 17.4. The van der Waals surface area contributed by atoms with Crippen LogP contribution in [0, 0.1) is 13.8 Å². The minimum absolute atomic E-state index is 0.0838. The second kappa shape index (κ2) is 9.47. The smallest absolute Gasteiger partial charge is 0.351 e. The number of anilines is 2. The van der Waals surface area contributed by atoms with Crippen LogP contribution in [0.15, 0.2) is 70.6 Å². The Morgan fingerprint density at radius 2 is 1.74 bits per heavy atom. The summed E-state index contributed by atoms with van der Waals surface area (Å²) in [4.78, 5) is 23.0. The number of thioether (sulfide) groups is 1. The number of nitrogens with zero attached hydrogens (tertiary/aromatic N) is 4. The molecule has 0 spiro atoms.